The Morgan fingerprint density at radius 2 is 2.00 bits per heavy atom. The van der Waals surface area contributed by atoms with Crippen LogP contribution < -0.4 is 10.3 Å². The quantitative estimate of drug-likeness (QED) is 0.768. The summed E-state index contributed by atoms with van der Waals surface area (Å²) in [7, 11) is 1.61. The molecule has 0 fully saturated rings. The van der Waals surface area contributed by atoms with Gasteiger partial charge in [0.05, 0.1) is 12.8 Å². The molecule has 0 spiro atoms. The molecule has 0 saturated heterocycles. The Kier molecular flexibility index (Phi) is 2.77. The monoisotopic (exact) mass is 215 g/mol. The van der Waals surface area contributed by atoms with Gasteiger partial charge in [-0.1, -0.05) is 12.1 Å². The van der Waals surface area contributed by atoms with Crippen molar-refractivity contribution in [3.8, 4) is 11.4 Å². The first-order valence-corrected chi connectivity index (χ1v) is 5.04. The van der Waals surface area contributed by atoms with E-state index < -0.39 is 0 Å². The van der Waals surface area contributed by atoms with E-state index >= 15 is 0 Å². The molecule has 3 nitrogen and oxygen atoms in total. The number of nitrogens with zero attached hydrogens (tertiary/aromatic N) is 1. The smallest absolute Gasteiger partial charge is 0.255 e. The lowest BCUT2D eigenvalue weighted by molar-refractivity contribution is 0.414. The van der Waals surface area contributed by atoms with Crippen molar-refractivity contribution in [3.63, 3.8) is 0 Å². The first-order valence-electron chi connectivity index (χ1n) is 5.04. The Hall–Kier alpha value is -2.03. The molecule has 0 unspecified atom stereocenters. The zero-order chi connectivity index (χ0) is 11.5. The molecule has 0 bridgehead atoms. The summed E-state index contributed by atoms with van der Waals surface area (Å²) < 4.78 is 6.74. The molecule has 1 heterocycles. The number of pyridine rings is 1. The summed E-state index contributed by atoms with van der Waals surface area (Å²) in [5.41, 5.74) is 1.81. The van der Waals surface area contributed by atoms with E-state index in [-0.39, 0.29) is 5.56 Å². The minimum absolute atomic E-state index is 0.0427. The summed E-state index contributed by atoms with van der Waals surface area (Å²) >= 11 is 0. The van der Waals surface area contributed by atoms with E-state index in [0.717, 1.165) is 17.0 Å². The second-order valence-corrected chi connectivity index (χ2v) is 3.62. The summed E-state index contributed by atoms with van der Waals surface area (Å²) in [6.45, 7) is 1.95. The van der Waals surface area contributed by atoms with Gasteiger partial charge in [0, 0.05) is 18.3 Å². The van der Waals surface area contributed by atoms with Crippen LogP contribution in [0.15, 0.2) is 47.4 Å². The maximum atomic E-state index is 11.7. The van der Waals surface area contributed by atoms with Crippen LogP contribution in [-0.4, -0.2) is 11.7 Å². The fourth-order valence-corrected chi connectivity index (χ4v) is 1.56. The molecule has 1 aromatic carbocycles. The van der Waals surface area contributed by atoms with Gasteiger partial charge in [-0.3, -0.25) is 9.36 Å². The molecular formula is C13H13NO2. The minimum atomic E-state index is -0.0427. The SMILES string of the molecule is COc1cccc(-n2cc(C)ccc2=O)c1. The molecule has 16 heavy (non-hydrogen) atoms. The zero-order valence-electron chi connectivity index (χ0n) is 9.31. The molecule has 3 heteroatoms. The lowest BCUT2D eigenvalue weighted by Crippen LogP contribution is -2.16. The largest absolute Gasteiger partial charge is 0.497 e. The Morgan fingerprint density at radius 1 is 1.19 bits per heavy atom. The minimum Gasteiger partial charge on any atom is -0.497 e. The van der Waals surface area contributed by atoms with E-state index in [1.54, 1.807) is 23.8 Å². The number of benzene rings is 1. The van der Waals surface area contributed by atoms with Crippen LogP contribution in [0.25, 0.3) is 5.69 Å². The van der Waals surface area contributed by atoms with Gasteiger partial charge in [0.2, 0.25) is 0 Å². The molecule has 0 radical (unpaired) electrons. The molecule has 0 amide bonds. The summed E-state index contributed by atoms with van der Waals surface area (Å²) in [4.78, 5) is 11.7. The van der Waals surface area contributed by atoms with Gasteiger partial charge in [0.1, 0.15) is 5.75 Å². The third-order valence-corrected chi connectivity index (χ3v) is 2.39. The van der Waals surface area contributed by atoms with Crippen molar-refractivity contribution in [3.05, 3.63) is 58.5 Å². The highest BCUT2D eigenvalue weighted by Crippen LogP contribution is 2.15. The van der Waals surface area contributed by atoms with Gasteiger partial charge in [0.25, 0.3) is 5.56 Å². The zero-order valence-corrected chi connectivity index (χ0v) is 9.31. The first-order chi connectivity index (χ1) is 7.70. The lowest BCUT2D eigenvalue weighted by atomic mass is 10.2. The van der Waals surface area contributed by atoms with Crippen molar-refractivity contribution < 1.29 is 4.74 Å². The molecular weight excluding hydrogens is 202 g/mol. The number of aromatic nitrogens is 1. The number of hydrogen-bond acceptors (Lipinski definition) is 2. The molecule has 0 saturated carbocycles. The van der Waals surface area contributed by atoms with Crippen molar-refractivity contribution in [1.29, 1.82) is 0 Å². The highest BCUT2D eigenvalue weighted by atomic mass is 16.5. The maximum absolute atomic E-state index is 11.7. The number of methoxy groups -OCH3 is 1. The van der Waals surface area contributed by atoms with E-state index in [9.17, 15) is 4.79 Å². The van der Waals surface area contributed by atoms with Gasteiger partial charge in [-0.25, -0.2) is 0 Å². The molecule has 0 atom stereocenters. The molecule has 1 aromatic heterocycles. The van der Waals surface area contributed by atoms with Crippen molar-refractivity contribution in [1.82, 2.24) is 4.57 Å². The van der Waals surface area contributed by atoms with Gasteiger partial charge in [0.15, 0.2) is 0 Å². The number of aryl methyl sites for hydroxylation is 1. The third kappa shape index (κ3) is 1.98. The normalized spacial score (nSPS) is 10.1. The van der Waals surface area contributed by atoms with E-state index in [1.165, 1.54) is 0 Å². The second-order valence-electron chi connectivity index (χ2n) is 3.62. The van der Waals surface area contributed by atoms with Gasteiger partial charge < -0.3 is 4.74 Å². The van der Waals surface area contributed by atoms with Crippen LogP contribution in [0, 0.1) is 6.92 Å². The summed E-state index contributed by atoms with van der Waals surface area (Å²) in [6.07, 6.45) is 1.82. The molecule has 0 aliphatic heterocycles. The lowest BCUT2D eigenvalue weighted by Gasteiger charge is -2.07. The average Bonchev–Trinajstić information content (AvgIpc) is 2.32. The van der Waals surface area contributed by atoms with Crippen LogP contribution in [0.1, 0.15) is 5.56 Å². The number of rotatable bonds is 2. The summed E-state index contributed by atoms with van der Waals surface area (Å²) in [6, 6.07) is 10.8. The van der Waals surface area contributed by atoms with E-state index in [0.29, 0.717) is 0 Å². The van der Waals surface area contributed by atoms with E-state index in [1.807, 2.05) is 37.4 Å². The fourth-order valence-electron chi connectivity index (χ4n) is 1.56. The Morgan fingerprint density at radius 3 is 2.75 bits per heavy atom. The fraction of sp³-hybridized carbons (Fsp3) is 0.154. The Bertz CT molecular complexity index is 558. The standard InChI is InChI=1S/C13H13NO2/c1-10-6-7-13(15)14(9-10)11-4-3-5-12(8-11)16-2/h3-9H,1-2H3. The van der Waals surface area contributed by atoms with E-state index in [2.05, 4.69) is 0 Å². The van der Waals surface area contributed by atoms with Crippen LogP contribution >= 0.6 is 0 Å². The average molecular weight is 215 g/mol. The van der Waals surface area contributed by atoms with E-state index in [4.69, 9.17) is 4.74 Å². The highest BCUT2D eigenvalue weighted by Gasteiger charge is 2.00. The first kappa shape index (κ1) is 10.5. The number of ether oxygens (including phenoxy) is 1. The van der Waals surface area contributed by atoms with Crippen LogP contribution in [-0.2, 0) is 0 Å². The highest BCUT2D eigenvalue weighted by molar-refractivity contribution is 5.39. The van der Waals surface area contributed by atoms with Crippen molar-refractivity contribution in [2.75, 3.05) is 7.11 Å². The third-order valence-electron chi connectivity index (χ3n) is 2.39. The summed E-state index contributed by atoms with van der Waals surface area (Å²) in [5, 5.41) is 0. The molecule has 0 N–H and O–H groups in total. The van der Waals surface area contributed by atoms with Crippen LogP contribution in [0.2, 0.25) is 0 Å². The maximum Gasteiger partial charge on any atom is 0.255 e. The van der Waals surface area contributed by atoms with Crippen molar-refractivity contribution in [2.24, 2.45) is 0 Å². The Labute approximate surface area is 93.9 Å². The van der Waals surface area contributed by atoms with Crippen LogP contribution in [0.3, 0.4) is 0 Å². The predicted molar refractivity (Wildman–Crippen MR) is 63.3 cm³/mol. The van der Waals surface area contributed by atoms with Gasteiger partial charge in [-0.2, -0.15) is 0 Å². The molecule has 2 rings (SSSR count). The van der Waals surface area contributed by atoms with Gasteiger partial charge in [-0.05, 0) is 24.6 Å². The topological polar surface area (TPSA) is 31.2 Å². The number of hydrogen-bond donors (Lipinski definition) is 0. The molecule has 0 aliphatic carbocycles. The van der Waals surface area contributed by atoms with Crippen LogP contribution in [0.4, 0.5) is 0 Å². The van der Waals surface area contributed by atoms with Crippen molar-refractivity contribution >= 4 is 0 Å². The molecule has 82 valence electrons. The molecule has 0 aliphatic rings. The summed E-state index contributed by atoms with van der Waals surface area (Å²) in [5.74, 6) is 0.742. The van der Waals surface area contributed by atoms with Crippen molar-refractivity contribution in [2.45, 2.75) is 6.92 Å². The van der Waals surface area contributed by atoms with Crippen LogP contribution in [0.5, 0.6) is 5.75 Å². The second kappa shape index (κ2) is 4.23. The Balaban J connectivity index is 2.58. The predicted octanol–water partition coefficient (Wildman–Crippen LogP) is 2.15. The van der Waals surface area contributed by atoms with Gasteiger partial charge >= 0.3 is 0 Å². The molecule has 2 aromatic rings. The van der Waals surface area contributed by atoms with Gasteiger partial charge in [-0.15, -0.1) is 0 Å².